The molecule has 0 atom stereocenters. The number of aromatic nitrogens is 2. The maximum atomic E-state index is 10.8. The summed E-state index contributed by atoms with van der Waals surface area (Å²) in [5, 5.41) is 16.2. The Labute approximate surface area is 108 Å². The van der Waals surface area contributed by atoms with Crippen LogP contribution in [0.1, 0.15) is 23.3 Å². The number of hydrogen-bond donors (Lipinski definition) is 2. The summed E-state index contributed by atoms with van der Waals surface area (Å²) in [6, 6.07) is 9.56. The molecule has 4 nitrogen and oxygen atoms in total. The number of nitrogens with one attached hydrogen (secondary N) is 1. The molecule has 1 aliphatic rings. The molecule has 1 saturated carbocycles. The normalized spacial score (nSPS) is 14.7. The van der Waals surface area contributed by atoms with Gasteiger partial charge in [0.05, 0.1) is 5.69 Å². The zero-order valence-electron chi connectivity index (χ0n) is 9.59. The van der Waals surface area contributed by atoms with Gasteiger partial charge in [0, 0.05) is 15.7 Å². The summed E-state index contributed by atoms with van der Waals surface area (Å²) in [5.74, 6) is -0.985. The number of hydrogen-bond acceptors (Lipinski definition) is 3. The van der Waals surface area contributed by atoms with Crippen molar-refractivity contribution in [2.24, 2.45) is 0 Å². The average Bonchev–Trinajstić information content (AvgIpc) is 3.04. The van der Waals surface area contributed by atoms with Gasteiger partial charge >= 0.3 is 5.97 Å². The quantitative estimate of drug-likeness (QED) is 0.886. The van der Waals surface area contributed by atoms with Gasteiger partial charge in [0.2, 0.25) is 0 Å². The summed E-state index contributed by atoms with van der Waals surface area (Å²) in [5.41, 5.74) is 1.81. The van der Waals surface area contributed by atoms with E-state index in [0.717, 1.165) is 5.56 Å². The molecule has 0 unspecified atom stereocenters. The second-order valence-electron chi connectivity index (χ2n) is 4.29. The molecule has 1 aromatic carbocycles. The van der Waals surface area contributed by atoms with Gasteiger partial charge in [-0.3, -0.25) is 5.10 Å². The Balaban J connectivity index is 1.96. The van der Waals surface area contributed by atoms with Gasteiger partial charge in [0.25, 0.3) is 0 Å². The lowest BCUT2D eigenvalue weighted by atomic mass is 10.1. The highest BCUT2D eigenvalue weighted by molar-refractivity contribution is 8.00. The van der Waals surface area contributed by atoms with Gasteiger partial charge in [-0.15, -0.1) is 11.8 Å². The molecule has 1 fully saturated rings. The van der Waals surface area contributed by atoms with Crippen molar-refractivity contribution in [1.29, 1.82) is 0 Å². The number of carboxylic acid groups (broad SMARTS) is 1. The van der Waals surface area contributed by atoms with Crippen molar-refractivity contribution in [1.82, 2.24) is 10.2 Å². The summed E-state index contributed by atoms with van der Waals surface area (Å²) in [4.78, 5) is 12.0. The zero-order chi connectivity index (χ0) is 12.5. The Morgan fingerprint density at radius 1 is 1.39 bits per heavy atom. The Bertz CT molecular complexity index is 590. The van der Waals surface area contributed by atoms with Crippen LogP contribution in [0.25, 0.3) is 11.3 Å². The molecule has 0 radical (unpaired) electrons. The average molecular weight is 260 g/mol. The molecule has 18 heavy (non-hydrogen) atoms. The molecule has 0 aliphatic heterocycles. The molecule has 2 aromatic rings. The highest BCUT2D eigenvalue weighted by Gasteiger charge is 2.24. The topological polar surface area (TPSA) is 66.0 Å². The second-order valence-corrected chi connectivity index (χ2v) is 5.63. The minimum absolute atomic E-state index is 0.122. The van der Waals surface area contributed by atoms with Crippen LogP contribution < -0.4 is 0 Å². The van der Waals surface area contributed by atoms with E-state index in [2.05, 4.69) is 16.3 Å². The minimum atomic E-state index is -0.985. The number of thioether (sulfide) groups is 1. The molecule has 2 N–H and O–H groups in total. The first kappa shape index (κ1) is 11.3. The highest BCUT2D eigenvalue weighted by atomic mass is 32.2. The first-order valence-corrected chi connectivity index (χ1v) is 6.67. The molecule has 92 valence electrons. The number of aromatic amines is 1. The van der Waals surface area contributed by atoms with Crippen molar-refractivity contribution < 1.29 is 9.90 Å². The van der Waals surface area contributed by atoms with E-state index in [4.69, 9.17) is 5.11 Å². The highest BCUT2D eigenvalue weighted by Crippen LogP contribution is 2.42. The molecule has 0 bridgehead atoms. The van der Waals surface area contributed by atoms with E-state index < -0.39 is 5.97 Å². The zero-order valence-corrected chi connectivity index (χ0v) is 10.4. The minimum Gasteiger partial charge on any atom is -0.477 e. The smallest absolute Gasteiger partial charge is 0.353 e. The predicted octanol–water partition coefficient (Wildman–Crippen LogP) is 3.03. The van der Waals surface area contributed by atoms with Crippen LogP contribution in [0.15, 0.2) is 35.2 Å². The summed E-state index contributed by atoms with van der Waals surface area (Å²) in [6.07, 6.45) is 2.53. The van der Waals surface area contributed by atoms with Crippen molar-refractivity contribution in [2.45, 2.75) is 23.0 Å². The van der Waals surface area contributed by atoms with Crippen molar-refractivity contribution in [3.8, 4) is 11.3 Å². The molecule has 3 rings (SSSR count). The van der Waals surface area contributed by atoms with Gasteiger partial charge in [-0.05, 0) is 25.0 Å². The van der Waals surface area contributed by atoms with Crippen LogP contribution in [0.3, 0.4) is 0 Å². The van der Waals surface area contributed by atoms with Crippen LogP contribution >= 0.6 is 11.8 Å². The third kappa shape index (κ3) is 2.26. The molecule has 0 spiro atoms. The van der Waals surface area contributed by atoms with Crippen LogP contribution in [-0.4, -0.2) is 26.5 Å². The van der Waals surface area contributed by atoms with Gasteiger partial charge in [-0.1, -0.05) is 18.2 Å². The van der Waals surface area contributed by atoms with Gasteiger partial charge in [-0.2, -0.15) is 5.10 Å². The van der Waals surface area contributed by atoms with Crippen molar-refractivity contribution in [3.63, 3.8) is 0 Å². The summed E-state index contributed by atoms with van der Waals surface area (Å²) >= 11 is 1.85. The van der Waals surface area contributed by atoms with Gasteiger partial charge in [0.1, 0.15) is 5.69 Å². The molecular weight excluding hydrogens is 248 g/mol. The number of H-pyrrole nitrogens is 1. The molecule has 1 aliphatic carbocycles. The molecular formula is C13H12N2O2S. The lowest BCUT2D eigenvalue weighted by Crippen LogP contribution is -1.95. The number of carboxylic acids is 1. The monoisotopic (exact) mass is 260 g/mol. The summed E-state index contributed by atoms with van der Waals surface area (Å²) < 4.78 is 0. The first-order chi connectivity index (χ1) is 8.74. The van der Waals surface area contributed by atoms with E-state index in [9.17, 15) is 4.79 Å². The van der Waals surface area contributed by atoms with E-state index in [1.54, 1.807) is 6.07 Å². The molecule has 1 aromatic heterocycles. The van der Waals surface area contributed by atoms with Crippen LogP contribution in [0.5, 0.6) is 0 Å². The van der Waals surface area contributed by atoms with Crippen molar-refractivity contribution >= 4 is 17.7 Å². The number of carbonyl (C=O) groups is 1. The molecule has 5 heteroatoms. The number of benzene rings is 1. The van der Waals surface area contributed by atoms with Gasteiger partial charge in [0.15, 0.2) is 0 Å². The second kappa shape index (κ2) is 4.49. The Morgan fingerprint density at radius 3 is 2.83 bits per heavy atom. The SMILES string of the molecule is O=C(O)c1cc(-c2ccccc2SC2CC2)n[nH]1. The van der Waals surface area contributed by atoms with E-state index in [-0.39, 0.29) is 5.69 Å². The maximum absolute atomic E-state index is 10.8. The molecule has 0 saturated heterocycles. The van der Waals surface area contributed by atoms with Gasteiger partial charge < -0.3 is 5.11 Å². The summed E-state index contributed by atoms with van der Waals surface area (Å²) in [6.45, 7) is 0. The third-order valence-electron chi connectivity index (χ3n) is 2.79. The van der Waals surface area contributed by atoms with Crippen molar-refractivity contribution in [2.75, 3.05) is 0 Å². The predicted molar refractivity (Wildman–Crippen MR) is 69.9 cm³/mol. The standard InChI is InChI=1S/C13H12N2O2S/c16-13(17)11-7-10(14-15-11)9-3-1-2-4-12(9)18-8-5-6-8/h1-4,7-8H,5-6H2,(H,14,15)(H,16,17). The number of nitrogens with zero attached hydrogens (tertiary/aromatic N) is 1. The van der Waals surface area contributed by atoms with Crippen LogP contribution in [-0.2, 0) is 0 Å². The lowest BCUT2D eigenvalue weighted by Gasteiger charge is -2.05. The summed E-state index contributed by atoms with van der Waals surface area (Å²) in [7, 11) is 0. The van der Waals surface area contributed by atoms with Crippen molar-refractivity contribution in [3.05, 3.63) is 36.0 Å². The van der Waals surface area contributed by atoms with E-state index >= 15 is 0 Å². The maximum Gasteiger partial charge on any atom is 0.353 e. The third-order valence-corrected chi connectivity index (χ3v) is 4.20. The first-order valence-electron chi connectivity index (χ1n) is 5.79. The van der Waals surface area contributed by atoms with Crippen LogP contribution in [0, 0.1) is 0 Å². The Kier molecular flexibility index (Phi) is 2.83. The largest absolute Gasteiger partial charge is 0.477 e. The van der Waals surface area contributed by atoms with E-state index in [1.807, 2.05) is 30.0 Å². The fourth-order valence-electron chi connectivity index (χ4n) is 1.72. The number of rotatable bonds is 4. The van der Waals surface area contributed by atoms with Crippen LogP contribution in [0.2, 0.25) is 0 Å². The molecule has 0 amide bonds. The van der Waals surface area contributed by atoms with Crippen LogP contribution in [0.4, 0.5) is 0 Å². The fourth-order valence-corrected chi connectivity index (χ4v) is 2.90. The number of aromatic carboxylic acids is 1. The van der Waals surface area contributed by atoms with E-state index in [0.29, 0.717) is 10.9 Å². The van der Waals surface area contributed by atoms with E-state index in [1.165, 1.54) is 17.7 Å². The Hall–Kier alpha value is -1.75. The fraction of sp³-hybridized carbons (Fsp3) is 0.231. The Morgan fingerprint density at radius 2 is 2.17 bits per heavy atom. The lowest BCUT2D eigenvalue weighted by molar-refractivity contribution is 0.0690. The molecule has 1 heterocycles. The van der Waals surface area contributed by atoms with Gasteiger partial charge in [-0.25, -0.2) is 4.79 Å².